The second-order valence-electron chi connectivity index (χ2n) is 7.42. The molecule has 1 saturated heterocycles. The van der Waals surface area contributed by atoms with Gasteiger partial charge in [0.25, 0.3) is 11.8 Å². The van der Waals surface area contributed by atoms with Crippen LogP contribution in [0.5, 0.6) is 0 Å². The maximum Gasteiger partial charge on any atom is 0.267 e. The molecule has 3 rings (SSSR count). The Hall–Kier alpha value is -3.27. The van der Waals surface area contributed by atoms with Crippen LogP contribution in [0.4, 0.5) is 5.69 Å². The van der Waals surface area contributed by atoms with Crippen molar-refractivity contribution in [1.82, 2.24) is 15.7 Å². The molecule has 1 atom stereocenters. The van der Waals surface area contributed by atoms with Gasteiger partial charge in [0.2, 0.25) is 5.91 Å². The summed E-state index contributed by atoms with van der Waals surface area (Å²) in [5.41, 5.74) is 9.85. The summed E-state index contributed by atoms with van der Waals surface area (Å²) in [5, 5.41) is 14.1. The van der Waals surface area contributed by atoms with Crippen molar-refractivity contribution in [2.24, 2.45) is 5.73 Å². The number of hydroxylamine groups is 1. The third-order valence-electron chi connectivity index (χ3n) is 5.18. The Morgan fingerprint density at radius 2 is 1.55 bits per heavy atom. The van der Waals surface area contributed by atoms with E-state index in [-0.39, 0.29) is 12.5 Å². The molecule has 2 aromatic carbocycles. The number of likely N-dealkylation sites (tertiary alicyclic amines) is 1. The van der Waals surface area contributed by atoms with E-state index in [4.69, 9.17) is 10.9 Å². The Labute approximate surface area is 180 Å². The molecule has 0 bridgehead atoms. The maximum absolute atomic E-state index is 12.3. The molecule has 6 N–H and O–H groups in total. The molecule has 0 aliphatic carbocycles. The van der Waals surface area contributed by atoms with Crippen molar-refractivity contribution in [3.63, 3.8) is 0 Å². The molecule has 0 saturated carbocycles. The summed E-state index contributed by atoms with van der Waals surface area (Å²) >= 11 is 0. The van der Waals surface area contributed by atoms with Crippen LogP contribution < -0.4 is 21.8 Å². The predicted molar refractivity (Wildman–Crippen MR) is 116 cm³/mol. The zero-order valence-electron chi connectivity index (χ0n) is 17.1. The van der Waals surface area contributed by atoms with Crippen LogP contribution in [-0.4, -0.2) is 60.0 Å². The third-order valence-corrected chi connectivity index (χ3v) is 5.18. The SMILES string of the molecule is NC[C@H](NC(=O)c1ccc(-c2ccc(NC(=O)CN3CCCC3)cc2)cc1)C(=O)NO. The highest BCUT2D eigenvalue weighted by molar-refractivity contribution is 5.98. The van der Waals surface area contributed by atoms with E-state index < -0.39 is 17.9 Å². The van der Waals surface area contributed by atoms with Crippen molar-refractivity contribution in [2.45, 2.75) is 18.9 Å². The van der Waals surface area contributed by atoms with Gasteiger partial charge in [-0.2, -0.15) is 0 Å². The number of carbonyl (C=O) groups excluding carboxylic acids is 3. The fourth-order valence-electron chi connectivity index (χ4n) is 3.46. The molecular weight excluding hydrogens is 398 g/mol. The van der Waals surface area contributed by atoms with Gasteiger partial charge in [0, 0.05) is 17.8 Å². The van der Waals surface area contributed by atoms with Gasteiger partial charge in [-0.15, -0.1) is 0 Å². The number of carbonyl (C=O) groups is 3. The van der Waals surface area contributed by atoms with E-state index in [1.54, 1.807) is 24.3 Å². The molecule has 9 heteroatoms. The molecule has 1 heterocycles. The van der Waals surface area contributed by atoms with E-state index in [0.29, 0.717) is 12.1 Å². The van der Waals surface area contributed by atoms with Gasteiger partial charge in [-0.3, -0.25) is 24.5 Å². The van der Waals surface area contributed by atoms with Crippen molar-refractivity contribution in [2.75, 3.05) is 31.5 Å². The molecule has 164 valence electrons. The second kappa shape index (κ2) is 10.7. The Morgan fingerprint density at radius 3 is 2.10 bits per heavy atom. The standard InChI is InChI=1S/C22H27N5O4/c23-13-19(22(30)26-31)25-21(29)17-5-3-15(4-6-17)16-7-9-18(10-8-16)24-20(28)14-27-11-1-2-12-27/h3-10,19,31H,1-2,11-14,23H2,(H,24,28)(H,25,29)(H,26,30)/t19-/m0/s1. The summed E-state index contributed by atoms with van der Waals surface area (Å²) in [5.74, 6) is -1.27. The summed E-state index contributed by atoms with van der Waals surface area (Å²) in [6, 6.07) is 13.3. The Morgan fingerprint density at radius 1 is 0.968 bits per heavy atom. The van der Waals surface area contributed by atoms with Gasteiger partial charge in [0.15, 0.2) is 0 Å². The first-order chi connectivity index (χ1) is 15.0. The van der Waals surface area contributed by atoms with E-state index in [1.165, 1.54) is 5.48 Å². The van der Waals surface area contributed by atoms with Gasteiger partial charge in [-0.1, -0.05) is 24.3 Å². The van der Waals surface area contributed by atoms with E-state index in [0.717, 1.165) is 42.7 Å². The topological polar surface area (TPSA) is 137 Å². The first kappa shape index (κ1) is 22.4. The summed E-state index contributed by atoms with van der Waals surface area (Å²) in [6.07, 6.45) is 2.29. The number of hydrogen-bond donors (Lipinski definition) is 5. The number of hydrogen-bond acceptors (Lipinski definition) is 6. The Balaban J connectivity index is 1.58. The molecule has 1 aliphatic rings. The number of nitrogens with one attached hydrogen (secondary N) is 3. The number of amides is 3. The first-order valence-electron chi connectivity index (χ1n) is 10.2. The predicted octanol–water partition coefficient (Wildman–Crippen LogP) is 0.950. The van der Waals surface area contributed by atoms with E-state index >= 15 is 0 Å². The van der Waals surface area contributed by atoms with E-state index in [9.17, 15) is 14.4 Å². The first-order valence-corrected chi connectivity index (χ1v) is 10.2. The van der Waals surface area contributed by atoms with Gasteiger partial charge in [-0.25, -0.2) is 5.48 Å². The lowest BCUT2D eigenvalue weighted by Crippen LogP contribution is -2.50. The quantitative estimate of drug-likeness (QED) is 0.316. The highest BCUT2D eigenvalue weighted by atomic mass is 16.5. The van der Waals surface area contributed by atoms with Gasteiger partial charge in [0.1, 0.15) is 6.04 Å². The van der Waals surface area contributed by atoms with Crippen LogP contribution in [-0.2, 0) is 9.59 Å². The van der Waals surface area contributed by atoms with Gasteiger partial charge >= 0.3 is 0 Å². The molecule has 0 radical (unpaired) electrons. The van der Waals surface area contributed by atoms with Gasteiger partial charge in [0.05, 0.1) is 6.54 Å². The van der Waals surface area contributed by atoms with Crippen LogP contribution in [0.15, 0.2) is 48.5 Å². The van der Waals surface area contributed by atoms with Crippen LogP contribution >= 0.6 is 0 Å². The molecular formula is C22H27N5O4. The summed E-state index contributed by atoms with van der Waals surface area (Å²) < 4.78 is 0. The van der Waals surface area contributed by atoms with Crippen molar-refractivity contribution in [3.05, 3.63) is 54.1 Å². The summed E-state index contributed by atoms with van der Waals surface area (Å²) in [4.78, 5) is 38.0. The minimum atomic E-state index is -1.02. The number of benzene rings is 2. The maximum atomic E-state index is 12.3. The van der Waals surface area contributed by atoms with Crippen LogP contribution in [0, 0.1) is 0 Å². The third kappa shape index (κ3) is 6.11. The molecule has 31 heavy (non-hydrogen) atoms. The normalized spacial score (nSPS) is 14.6. The lowest BCUT2D eigenvalue weighted by atomic mass is 10.0. The molecule has 0 aromatic heterocycles. The zero-order valence-corrected chi connectivity index (χ0v) is 17.1. The average Bonchev–Trinajstić information content (AvgIpc) is 3.30. The minimum Gasteiger partial charge on any atom is -0.339 e. The smallest absolute Gasteiger partial charge is 0.267 e. The molecule has 1 fully saturated rings. The summed E-state index contributed by atoms with van der Waals surface area (Å²) in [7, 11) is 0. The molecule has 9 nitrogen and oxygen atoms in total. The number of nitrogens with zero attached hydrogens (tertiary/aromatic N) is 1. The fraction of sp³-hybridized carbons (Fsp3) is 0.318. The van der Waals surface area contributed by atoms with E-state index in [1.807, 2.05) is 24.3 Å². The van der Waals surface area contributed by atoms with Crippen molar-refractivity contribution < 1.29 is 19.6 Å². The van der Waals surface area contributed by atoms with E-state index in [2.05, 4.69) is 15.5 Å². The lowest BCUT2D eigenvalue weighted by molar-refractivity contribution is -0.130. The summed E-state index contributed by atoms with van der Waals surface area (Å²) in [6.45, 7) is 2.22. The highest BCUT2D eigenvalue weighted by Gasteiger charge is 2.19. The monoisotopic (exact) mass is 425 g/mol. The second-order valence-corrected chi connectivity index (χ2v) is 7.42. The van der Waals surface area contributed by atoms with Crippen LogP contribution in [0.2, 0.25) is 0 Å². The zero-order chi connectivity index (χ0) is 22.2. The number of rotatable bonds is 8. The van der Waals surface area contributed by atoms with Crippen molar-refractivity contribution in [3.8, 4) is 11.1 Å². The van der Waals surface area contributed by atoms with Gasteiger partial charge in [-0.05, 0) is 61.3 Å². The Kier molecular flexibility index (Phi) is 7.71. The highest BCUT2D eigenvalue weighted by Crippen LogP contribution is 2.22. The minimum absolute atomic E-state index is 0.0179. The van der Waals surface area contributed by atoms with Crippen LogP contribution in [0.3, 0.4) is 0 Å². The van der Waals surface area contributed by atoms with Gasteiger partial charge < -0.3 is 16.4 Å². The van der Waals surface area contributed by atoms with Crippen molar-refractivity contribution >= 4 is 23.4 Å². The largest absolute Gasteiger partial charge is 0.339 e. The lowest BCUT2D eigenvalue weighted by Gasteiger charge is -2.15. The van der Waals surface area contributed by atoms with Crippen LogP contribution in [0.1, 0.15) is 23.2 Å². The number of anilines is 1. The molecule has 3 amide bonds. The molecule has 0 unspecified atom stereocenters. The Bertz CT molecular complexity index is 909. The molecule has 1 aliphatic heterocycles. The molecule has 0 spiro atoms. The average molecular weight is 425 g/mol. The van der Waals surface area contributed by atoms with Crippen molar-refractivity contribution in [1.29, 1.82) is 0 Å². The fourth-order valence-corrected chi connectivity index (χ4v) is 3.46. The molecule has 2 aromatic rings. The van der Waals surface area contributed by atoms with Crippen LogP contribution in [0.25, 0.3) is 11.1 Å². The number of nitrogens with two attached hydrogens (primary N) is 1.